The quantitative estimate of drug-likeness (QED) is 0.112. The second-order valence-corrected chi connectivity index (χ2v) is 15.7. The number of epoxide rings is 1. The van der Waals surface area contributed by atoms with Gasteiger partial charge in [0, 0.05) is 72.7 Å². The van der Waals surface area contributed by atoms with Gasteiger partial charge in [0.05, 0.1) is 33.3 Å². The molecule has 55 heavy (non-hydrogen) atoms. The Balaban J connectivity index is 0.000000155. The summed E-state index contributed by atoms with van der Waals surface area (Å²) in [7, 11) is 0. The van der Waals surface area contributed by atoms with E-state index in [2.05, 4.69) is 20.4 Å². The number of hydrogen-bond donors (Lipinski definition) is 0. The molecule has 0 bridgehead atoms. The van der Waals surface area contributed by atoms with Crippen LogP contribution in [0.1, 0.15) is 27.0 Å². The molecule has 1 aliphatic rings. The van der Waals surface area contributed by atoms with Crippen LogP contribution in [0.25, 0.3) is 43.4 Å². The van der Waals surface area contributed by atoms with Gasteiger partial charge in [-0.2, -0.15) is 8.75 Å². The second kappa shape index (κ2) is 16.1. The zero-order valence-corrected chi connectivity index (χ0v) is 33.2. The van der Waals surface area contributed by atoms with Gasteiger partial charge in [-0.3, -0.25) is 14.8 Å². The molecule has 1 fully saturated rings. The van der Waals surface area contributed by atoms with Crippen molar-refractivity contribution in [1.29, 1.82) is 0 Å². The molecule has 0 radical (unpaired) electrons. The first-order valence-corrected chi connectivity index (χ1v) is 19.9. The highest BCUT2D eigenvalue weighted by atomic mass is 35.5. The zero-order valence-electron chi connectivity index (χ0n) is 28.5. The fourth-order valence-electron chi connectivity index (χ4n) is 6.14. The van der Waals surface area contributed by atoms with Crippen LogP contribution >= 0.6 is 69.5 Å². The van der Waals surface area contributed by atoms with Crippen molar-refractivity contribution in [3.8, 4) is 43.4 Å². The molecule has 5 heterocycles. The van der Waals surface area contributed by atoms with Crippen LogP contribution in [0.3, 0.4) is 0 Å². The van der Waals surface area contributed by atoms with Crippen LogP contribution in [0.2, 0.25) is 20.1 Å². The van der Waals surface area contributed by atoms with E-state index in [1.807, 2.05) is 85.1 Å². The summed E-state index contributed by atoms with van der Waals surface area (Å²) in [6.45, 7) is 0.596. The first-order valence-electron chi connectivity index (χ1n) is 16.8. The van der Waals surface area contributed by atoms with E-state index >= 15 is 0 Å². The van der Waals surface area contributed by atoms with Crippen molar-refractivity contribution < 1.29 is 9.53 Å². The van der Waals surface area contributed by atoms with Crippen LogP contribution in [0.15, 0.2) is 146 Å². The summed E-state index contributed by atoms with van der Waals surface area (Å²) in [5.41, 5.74) is 7.98. The van der Waals surface area contributed by atoms with Gasteiger partial charge in [-0.1, -0.05) is 101 Å². The summed E-state index contributed by atoms with van der Waals surface area (Å²) in [4.78, 5) is 23.5. The number of benzene rings is 4. The molecular weight excluding hydrogens is 810 g/mol. The van der Waals surface area contributed by atoms with Crippen molar-refractivity contribution in [3.05, 3.63) is 188 Å². The first-order chi connectivity index (χ1) is 26.8. The third kappa shape index (κ3) is 7.86. The first kappa shape index (κ1) is 37.2. The van der Waals surface area contributed by atoms with Gasteiger partial charge in [0.1, 0.15) is 5.60 Å². The molecule has 9 rings (SSSR count). The number of halogens is 4. The van der Waals surface area contributed by atoms with Gasteiger partial charge in [-0.05, 0) is 101 Å². The average molecular weight is 837 g/mol. The maximum absolute atomic E-state index is 13.3. The zero-order chi connectivity index (χ0) is 37.9. The van der Waals surface area contributed by atoms with Crippen LogP contribution in [0, 0.1) is 0 Å². The van der Waals surface area contributed by atoms with Crippen molar-refractivity contribution >= 4 is 75.3 Å². The number of rotatable bonds is 8. The molecule has 1 aliphatic heterocycles. The summed E-state index contributed by atoms with van der Waals surface area (Å²) in [5, 5.41) is 2.67. The van der Waals surface area contributed by atoms with Crippen molar-refractivity contribution in [1.82, 2.24) is 18.7 Å². The van der Waals surface area contributed by atoms with E-state index in [0.29, 0.717) is 43.5 Å². The fraction of sp³-hybridized carbons (Fsp3) is 0.0465. The number of ether oxygens (including phenoxy) is 1. The number of pyridine rings is 2. The Morgan fingerprint density at radius 2 is 1.02 bits per heavy atom. The third-order valence-electron chi connectivity index (χ3n) is 8.95. The van der Waals surface area contributed by atoms with E-state index in [1.54, 1.807) is 55.0 Å². The van der Waals surface area contributed by atoms with Gasteiger partial charge < -0.3 is 4.74 Å². The maximum Gasteiger partial charge on any atom is 0.198 e. The smallest absolute Gasteiger partial charge is 0.198 e. The van der Waals surface area contributed by atoms with Gasteiger partial charge in [0.15, 0.2) is 5.78 Å². The van der Waals surface area contributed by atoms with E-state index in [9.17, 15) is 4.79 Å². The highest BCUT2D eigenvalue weighted by Gasteiger charge is 2.52. The van der Waals surface area contributed by atoms with E-state index < -0.39 is 5.60 Å². The molecule has 1 unspecified atom stereocenters. The van der Waals surface area contributed by atoms with Crippen LogP contribution in [0.5, 0.6) is 0 Å². The summed E-state index contributed by atoms with van der Waals surface area (Å²) in [6, 6.07) is 37.7. The molecule has 12 heteroatoms. The highest BCUT2D eigenvalue weighted by Crippen LogP contribution is 2.53. The minimum atomic E-state index is -0.537. The van der Waals surface area contributed by atoms with E-state index in [0.717, 1.165) is 48.8 Å². The molecule has 4 aromatic heterocycles. The second-order valence-electron chi connectivity index (χ2n) is 12.4. The van der Waals surface area contributed by atoms with E-state index in [4.69, 9.17) is 55.5 Å². The summed E-state index contributed by atoms with van der Waals surface area (Å²) in [6.07, 6.45) is 6.84. The van der Waals surface area contributed by atoms with Crippen LogP contribution in [-0.4, -0.2) is 31.1 Å². The monoisotopic (exact) mass is 834 g/mol. The standard InChI is InChI=1S/C22H14Cl2N2OS.C21H12Cl2N2OS/c23-17-7-3-14(4-8-17)20-19(22(13-27-22)16-2-1-11-25-12-16)21(28-26-20)15-5-9-18(24)10-6-15;22-16-7-3-13(4-8-16)19-18(20(26)15-2-1-11-24-12-15)21(27-25-19)14-5-9-17(23)10-6-14/h1-12H,13H2;1-12H. The van der Waals surface area contributed by atoms with Crippen LogP contribution in [0.4, 0.5) is 0 Å². The third-order valence-corrected chi connectivity index (χ3v) is 11.7. The lowest BCUT2D eigenvalue weighted by molar-refractivity contribution is 0.104. The Morgan fingerprint density at radius 3 is 1.51 bits per heavy atom. The van der Waals surface area contributed by atoms with Crippen molar-refractivity contribution in [2.75, 3.05) is 6.61 Å². The molecule has 270 valence electrons. The van der Waals surface area contributed by atoms with Crippen molar-refractivity contribution in [2.45, 2.75) is 5.60 Å². The minimum Gasteiger partial charge on any atom is -0.359 e. The summed E-state index contributed by atoms with van der Waals surface area (Å²) in [5.74, 6) is -0.119. The van der Waals surface area contributed by atoms with Crippen LogP contribution < -0.4 is 0 Å². The molecule has 0 aliphatic carbocycles. The van der Waals surface area contributed by atoms with Gasteiger partial charge in [-0.25, -0.2) is 0 Å². The highest BCUT2D eigenvalue weighted by molar-refractivity contribution is 7.10. The summed E-state index contributed by atoms with van der Waals surface area (Å²) < 4.78 is 15.5. The molecule has 1 atom stereocenters. The number of ketones is 1. The molecule has 4 aromatic carbocycles. The maximum atomic E-state index is 13.3. The molecule has 0 spiro atoms. The number of hydrogen-bond acceptors (Lipinski definition) is 8. The SMILES string of the molecule is Clc1ccc(-c2nsc(-c3ccc(Cl)cc3)c2C2(c3cccnc3)CO2)cc1.O=C(c1cccnc1)c1c(-c2ccc(Cl)cc2)nsc1-c1ccc(Cl)cc1. The van der Waals surface area contributed by atoms with E-state index in [1.165, 1.54) is 23.1 Å². The Hall–Kier alpha value is -4.77. The summed E-state index contributed by atoms with van der Waals surface area (Å²) >= 11 is 27.0. The molecule has 8 aromatic rings. The largest absolute Gasteiger partial charge is 0.359 e. The Kier molecular flexibility index (Phi) is 10.9. The lowest BCUT2D eigenvalue weighted by Gasteiger charge is -2.15. The Bertz CT molecular complexity index is 2450. The topological polar surface area (TPSA) is 81.2 Å². The Morgan fingerprint density at radius 1 is 0.564 bits per heavy atom. The van der Waals surface area contributed by atoms with Gasteiger partial charge in [0.25, 0.3) is 0 Å². The number of carbonyl (C=O) groups excluding carboxylic acids is 1. The molecular formula is C43H26Cl4N4O2S2. The number of carbonyl (C=O) groups is 1. The van der Waals surface area contributed by atoms with Gasteiger partial charge in [-0.15, -0.1) is 0 Å². The molecule has 0 N–H and O–H groups in total. The van der Waals surface area contributed by atoms with E-state index in [-0.39, 0.29) is 5.78 Å². The van der Waals surface area contributed by atoms with Crippen molar-refractivity contribution in [3.63, 3.8) is 0 Å². The predicted octanol–water partition coefficient (Wildman–Crippen LogP) is 12.9. The van der Waals surface area contributed by atoms with Crippen molar-refractivity contribution in [2.24, 2.45) is 0 Å². The lowest BCUT2D eigenvalue weighted by atomic mass is 9.88. The normalized spacial score (nSPS) is 14.5. The lowest BCUT2D eigenvalue weighted by Crippen LogP contribution is -2.13. The van der Waals surface area contributed by atoms with Gasteiger partial charge in [0.2, 0.25) is 0 Å². The fourth-order valence-corrected chi connectivity index (χ4v) is 8.52. The minimum absolute atomic E-state index is 0.119. The average Bonchev–Trinajstić information content (AvgIpc) is 3.70. The molecule has 6 nitrogen and oxygen atoms in total. The van der Waals surface area contributed by atoms with Gasteiger partial charge >= 0.3 is 0 Å². The number of nitrogens with zero attached hydrogens (tertiary/aromatic N) is 4. The Labute approximate surface area is 345 Å². The number of aromatic nitrogens is 4. The van der Waals surface area contributed by atoms with Crippen LogP contribution in [-0.2, 0) is 10.3 Å². The molecule has 1 saturated heterocycles. The molecule has 0 saturated carbocycles. The molecule has 0 amide bonds. The predicted molar refractivity (Wildman–Crippen MR) is 225 cm³/mol.